The second kappa shape index (κ2) is 4.03. The van der Waals surface area contributed by atoms with Gasteiger partial charge in [0.05, 0.1) is 11.6 Å². The van der Waals surface area contributed by atoms with Crippen LogP contribution in [0.2, 0.25) is 5.02 Å². The summed E-state index contributed by atoms with van der Waals surface area (Å²) >= 11 is 5.92. The standard InChI is InChI=1S/C11H8ClN5/c12-7-2-1-3-8(4-7)16-10-9-5-15-17-11(9)14-6-13-10/h1-6H,(H2,13,14,15,16,17). The molecule has 1 aromatic carbocycles. The number of H-pyrrole nitrogens is 1. The first-order chi connectivity index (χ1) is 8.33. The monoisotopic (exact) mass is 245 g/mol. The zero-order chi connectivity index (χ0) is 11.7. The van der Waals surface area contributed by atoms with Gasteiger partial charge in [0.25, 0.3) is 0 Å². The second-order valence-electron chi connectivity index (χ2n) is 3.49. The SMILES string of the molecule is Clc1cccc(Nc2ncnc3[nH]ncc23)c1. The summed E-state index contributed by atoms with van der Waals surface area (Å²) in [7, 11) is 0. The summed E-state index contributed by atoms with van der Waals surface area (Å²) in [6.45, 7) is 0. The fourth-order valence-corrected chi connectivity index (χ4v) is 1.76. The predicted octanol–water partition coefficient (Wildman–Crippen LogP) is 2.75. The minimum Gasteiger partial charge on any atom is -0.339 e. The second-order valence-corrected chi connectivity index (χ2v) is 3.93. The normalized spacial score (nSPS) is 10.6. The van der Waals surface area contributed by atoms with Crippen molar-refractivity contribution in [3.05, 3.63) is 41.8 Å². The van der Waals surface area contributed by atoms with Crippen LogP contribution in [0.5, 0.6) is 0 Å². The molecule has 2 heterocycles. The Hall–Kier alpha value is -2.14. The van der Waals surface area contributed by atoms with E-state index in [-0.39, 0.29) is 0 Å². The van der Waals surface area contributed by atoms with Gasteiger partial charge in [-0.25, -0.2) is 9.97 Å². The molecule has 6 heteroatoms. The highest BCUT2D eigenvalue weighted by Gasteiger charge is 2.05. The lowest BCUT2D eigenvalue weighted by Gasteiger charge is -2.05. The third-order valence-electron chi connectivity index (χ3n) is 2.34. The van der Waals surface area contributed by atoms with Gasteiger partial charge in [-0.1, -0.05) is 17.7 Å². The zero-order valence-electron chi connectivity index (χ0n) is 8.68. The molecule has 0 atom stereocenters. The van der Waals surface area contributed by atoms with Gasteiger partial charge >= 0.3 is 0 Å². The number of aromatic amines is 1. The quantitative estimate of drug-likeness (QED) is 0.729. The Balaban J connectivity index is 2.02. The number of nitrogens with one attached hydrogen (secondary N) is 2. The van der Waals surface area contributed by atoms with Crippen LogP contribution in [0.3, 0.4) is 0 Å². The van der Waals surface area contributed by atoms with Crippen LogP contribution in [0.4, 0.5) is 11.5 Å². The van der Waals surface area contributed by atoms with E-state index in [2.05, 4.69) is 25.5 Å². The fraction of sp³-hybridized carbons (Fsp3) is 0. The summed E-state index contributed by atoms with van der Waals surface area (Å²) in [4.78, 5) is 8.24. The molecular formula is C11H8ClN5. The minimum absolute atomic E-state index is 0.674. The highest BCUT2D eigenvalue weighted by Crippen LogP contribution is 2.22. The van der Waals surface area contributed by atoms with Crippen LogP contribution in [-0.2, 0) is 0 Å². The smallest absolute Gasteiger partial charge is 0.160 e. The Kier molecular flexibility index (Phi) is 2.38. The highest BCUT2D eigenvalue weighted by atomic mass is 35.5. The van der Waals surface area contributed by atoms with Gasteiger partial charge < -0.3 is 5.32 Å². The van der Waals surface area contributed by atoms with E-state index < -0.39 is 0 Å². The van der Waals surface area contributed by atoms with Gasteiger partial charge in [0, 0.05) is 10.7 Å². The first kappa shape index (κ1) is 10.0. The average Bonchev–Trinajstić information content (AvgIpc) is 2.78. The molecule has 0 aliphatic heterocycles. The number of hydrogen-bond acceptors (Lipinski definition) is 4. The highest BCUT2D eigenvalue weighted by molar-refractivity contribution is 6.30. The molecule has 0 amide bonds. The number of hydrogen-bond donors (Lipinski definition) is 2. The van der Waals surface area contributed by atoms with E-state index in [1.54, 1.807) is 6.20 Å². The molecule has 0 saturated carbocycles. The molecule has 84 valence electrons. The summed E-state index contributed by atoms with van der Waals surface area (Å²) < 4.78 is 0. The van der Waals surface area contributed by atoms with Gasteiger partial charge in [0.15, 0.2) is 5.65 Å². The summed E-state index contributed by atoms with van der Waals surface area (Å²) in [6, 6.07) is 7.44. The van der Waals surface area contributed by atoms with Crippen molar-refractivity contribution >= 4 is 34.1 Å². The van der Waals surface area contributed by atoms with Gasteiger partial charge in [0.2, 0.25) is 0 Å². The number of anilines is 2. The van der Waals surface area contributed by atoms with Gasteiger partial charge in [-0.2, -0.15) is 5.10 Å². The lowest BCUT2D eigenvalue weighted by molar-refractivity contribution is 1.09. The van der Waals surface area contributed by atoms with Crippen LogP contribution < -0.4 is 5.32 Å². The Morgan fingerprint density at radius 3 is 3.06 bits per heavy atom. The minimum atomic E-state index is 0.674. The number of fused-ring (bicyclic) bond motifs is 1. The lowest BCUT2D eigenvalue weighted by atomic mass is 10.3. The third kappa shape index (κ3) is 1.92. The summed E-state index contributed by atoms with van der Waals surface area (Å²) in [5, 5.41) is 11.4. The molecule has 0 unspecified atom stereocenters. The Labute approximate surface area is 102 Å². The van der Waals surface area contributed by atoms with Gasteiger partial charge in [-0.15, -0.1) is 0 Å². The number of aromatic nitrogens is 4. The topological polar surface area (TPSA) is 66.5 Å². The van der Waals surface area contributed by atoms with Crippen molar-refractivity contribution in [3.8, 4) is 0 Å². The summed E-state index contributed by atoms with van der Waals surface area (Å²) in [5.74, 6) is 0.700. The van der Waals surface area contributed by atoms with E-state index in [9.17, 15) is 0 Å². The maximum absolute atomic E-state index is 5.92. The molecule has 0 fully saturated rings. The van der Waals surface area contributed by atoms with Crippen molar-refractivity contribution in [2.45, 2.75) is 0 Å². The Morgan fingerprint density at radius 1 is 1.24 bits per heavy atom. The maximum atomic E-state index is 5.92. The molecule has 2 aromatic heterocycles. The van der Waals surface area contributed by atoms with Gasteiger partial charge in [-0.05, 0) is 18.2 Å². The van der Waals surface area contributed by atoms with E-state index in [0.29, 0.717) is 16.5 Å². The molecule has 0 aliphatic rings. The van der Waals surface area contributed by atoms with Crippen LogP contribution in [-0.4, -0.2) is 20.2 Å². The van der Waals surface area contributed by atoms with E-state index in [1.165, 1.54) is 6.33 Å². The largest absolute Gasteiger partial charge is 0.339 e. The fourth-order valence-electron chi connectivity index (χ4n) is 1.57. The molecular weight excluding hydrogens is 238 g/mol. The zero-order valence-corrected chi connectivity index (χ0v) is 9.44. The first-order valence-electron chi connectivity index (χ1n) is 4.99. The molecule has 5 nitrogen and oxygen atoms in total. The molecule has 0 spiro atoms. The van der Waals surface area contributed by atoms with Gasteiger partial charge in [0.1, 0.15) is 12.1 Å². The van der Waals surface area contributed by atoms with E-state index in [1.807, 2.05) is 24.3 Å². The molecule has 0 bridgehead atoms. The van der Waals surface area contributed by atoms with Crippen LogP contribution in [0.1, 0.15) is 0 Å². The van der Waals surface area contributed by atoms with Gasteiger partial charge in [-0.3, -0.25) is 5.10 Å². The Morgan fingerprint density at radius 2 is 2.18 bits per heavy atom. The van der Waals surface area contributed by atoms with Crippen LogP contribution >= 0.6 is 11.6 Å². The Bertz CT molecular complexity index is 664. The molecule has 17 heavy (non-hydrogen) atoms. The van der Waals surface area contributed by atoms with Crippen LogP contribution in [0.25, 0.3) is 11.0 Å². The summed E-state index contributed by atoms with van der Waals surface area (Å²) in [5.41, 5.74) is 1.57. The maximum Gasteiger partial charge on any atom is 0.160 e. The van der Waals surface area contributed by atoms with E-state index >= 15 is 0 Å². The van der Waals surface area contributed by atoms with Crippen molar-refractivity contribution in [1.29, 1.82) is 0 Å². The predicted molar refractivity (Wildman–Crippen MR) is 66.4 cm³/mol. The first-order valence-corrected chi connectivity index (χ1v) is 5.37. The number of halogens is 1. The number of rotatable bonds is 2. The number of benzene rings is 1. The van der Waals surface area contributed by atoms with E-state index in [0.717, 1.165) is 11.1 Å². The molecule has 0 saturated heterocycles. The molecule has 3 aromatic rings. The van der Waals surface area contributed by atoms with Crippen molar-refractivity contribution in [1.82, 2.24) is 20.2 Å². The van der Waals surface area contributed by atoms with Crippen molar-refractivity contribution in [2.75, 3.05) is 5.32 Å². The van der Waals surface area contributed by atoms with Crippen LogP contribution in [0.15, 0.2) is 36.8 Å². The molecule has 0 radical (unpaired) electrons. The third-order valence-corrected chi connectivity index (χ3v) is 2.57. The number of nitrogens with zero attached hydrogens (tertiary/aromatic N) is 3. The van der Waals surface area contributed by atoms with E-state index in [4.69, 9.17) is 11.6 Å². The van der Waals surface area contributed by atoms with Crippen LogP contribution in [0, 0.1) is 0 Å². The van der Waals surface area contributed by atoms with Crippen molar-refractivity contribution in [3.63, 3.8) is 0 Å². The molecule has 2 N–H and O–H groups in total. The van der Waals surface area contributed by atoms with Crippen molar-refractivity contribution in [2.24, 2.45) is 0 Å². The van der Waals surface area contributed by atoms with Crippen molar-refractivity contribution < 1.29 is 0 Å². The molecule has 0 aliphatic carbocycles. The summed E-state index contributed by atoms with van der Waals surface area (Å²) in [6.07, 6.45) is 3.16. The average molecular weight is 246 g/mol. The molecule has 3 rings (SSSR count). The lowest BCUT2D eigenvalue weighted by Crippen LogP contribution is -1.94.